The molecule has 0 heterocycles. The van der Waals surface area contributed by atoms with Gasteiger partial charge in [0.05, 0.1) is 159 Å². The van der Waals surface area contributed by atoms with E-state index in [9.17, 15) is 0 Å². The minimum atomic E-state index is -1.45. The van der Waals surface area contributed by atoms with Gasteiger partial charge in [0.1, 0.15) is 0 Å². The summed E-state index contributed by atoms with van der Waals surface area (Å²) in [4.78, 5) is 0. The van der Waals surface area contributed by atoms with Crippen LogP contribution in [0, 0.1) is 0 Å². The summed E-state index contributed by atoms with van der Waals surface area (Å²) < 4.78 is 72.2. The second kappa shape index (κ2) is 52.0. The average molecular weight is 871 g/mol. The maximum absolute atomic E-state index is 5.73. The van der Waals surface area contributed by atoms with E-state index in [2.05, 4.69) is 26.6 Å². The Balaban J connectivity index is 3.07. The van der Waals surface area contributed by atoms with Crippen molar-refractivity contribution in [2.75, 3.05) is 165 Å². The van der Waals surface area contributed by atoms with Gasteiger partial charge in [-0.15, -0.1) is 0 Å². The number of unbranched alkanes of at least 4 members (excludes halogenated alkanes) is 15. The van der Waals surface area contributed by atoms with E-state index in [1.807, 2.05) is 0 Å². The highest BCUT2D eigenvalue weighted by Gasteiger charge is 2.13. The largest absolute Gasteiger partial charge is 0.415 e. The third kappa shape index (κ3) is 57.7. The molecule has 0 saturated heterocycles. The normalized spacial score (nSPS) is 12.0. The van der Waals surface area contributed by atoms with Crippen molar-refractivity contribution in [2.45, 2.75) is 129 Å². The number of hydrogen-bond donors (Lipinski definition) is 0. The van der Waals surface area contributed by atoms with Gasteiger partial charge in [-0.2, -0.15) is 0 Å². The number of hydrogen-bond acceptors (Lipinski definition) is 13. The van der Waals surface area contributed by atoms with Gasteiger partial charge in [-0.05, 0) is 26.1 Å². The summed E-state index contributed by atoms with van der Waals surface area (Å²) in [5.41, 5.74) is 0. The van der Waals surface area contributed by atoms with Gasteiger partial charge in [-0.3, -0.25) is 0 Å². The summed E-state index contributed by atoms with van der Waals surface area (Å²) in [6.45, 7) is 22.8. The molecule has 0 bridgehead atoms. The van der Waals surface area contributed by atoms with Crippen LogP contribution < -0.4 is 0 Å². The van der Waals surface area contributed by atoms with Crippen molar-refractivity contribution in [3.63, 3.8) is 0 Å². The van der Waals surface area contributed by atoms with Crippen molar-refractivity contribution in [2.24, 2.45) is 0 Å². The fourth-order valence-corrected chi connectivity index (χ4v) is 6.38. The highest BCUT2D eigenvalue weighted by molar-refractivity contribution is 6.69. The molecule has 0 aromatic carbocycles. The predicted molar refractivity (Wildman–Crippen MR) is 239 cm³/mol. The first-order chi connectivity index (χ1) is 29.1. The lowest BCUT2D eigenvalue weighted by molar-refractivity contribution is -0.0285. The van der Waals surface area contributed by atoms with E-state index in [-0.39, 0.29) is 0 Å². The van der Waals surface area contributed by atoms with E-state index in [1.165, 1.54) is 96.3 Å². The topological polar surface area (TPSA) is 120 Å². The zero-order chi connectivity index (χ0) is 42.7. The smallest absolute Gasteiger partial charge is 0.183 e. The molecule has 0 radical (unpaired) electrons. The highest BCUT2D eigenvalue weighted by Crippen LogP contribution is 2.13. The highest BCUT2D eigenvalue weighted by atomic mass is 28.4. The van der Waals surface area contributed by atoms with Gasteiger partial charge < -0.3 is 61.3 Å². The zero-order valence-corrected chi connectivity index (χ0v) is 39.8. The lowest BCUT2D eigenvalue weighted by atomic mass is 10.0. The van der Waals surface area contributed by atoms with Crippen LogP contribution in [-0.4, -0.2) is 173 Å². The molecular formula is C45H94O13Si. The second-order valence-corrected chi connectivity index (χ2v) is 20.1. The van der Waals surface area contributed by atoms with E-state index < -0.39 is 8.32 Å². The Labute approximate surface area is 363 Å². The molecule has 356 valence electrons. The molecule has 0 amide bonds. The van der Waals surface area contributed by atoms with Gasteiger partial charge in [0, 0.05) is 6.61 Å². The Bertz CT molecular complexity index is 751. The summed E-state index contributed by atoms with van der Waals surface area (Å²) in [6, 6.07) is 0. The van der Waals surface area contributed by atoms with Crippen LogP contribution in [0.15, 0.2) is 0 Å². The standard InChI is InChI=1S/C45H94O13Si/c1-5-6-7-8-9-10-11-12-13-14-15-16-17-18-19-20-21-46-22-23-47-24-25-48-26-27-49-28-29-50-30-31-51-32-33-52-34-35-53-36-37-54-38-39-55-40-41-56-42-43-57-44-45-58-59(2,3)4/h5-45H2,1-4H3. The first-order valence-corrected chi connectivity index (χ1v) is 27.0. The summed E-state index contributed by atoms with van der Waals surface area (Å²) in [6.07, 6.45) is 22.2. The molecule has 0 aromatic heterocycles. The molecular weight excluding hydrogens is 777 g/mol. The zero-order valence-electron chi connectivity index (χ0n) is 38.8. The van der Waals surface area contributed by atoms with Gasteiger partial charge in [0.15, 0.2) is 8.32 Å². The van der Waals surface area contributed by atoms with Gasteiger partial charge in [0.2, 0.25) is 0 Å². The fourth-order valence-electron chi connectivity index (χ4n) is 5.68. The van der Waals surface area contributed by atoms with Gasteiger partial charge >= 0.3 is 0 Å². The molecule has 0 rings (SSSR count). The molecule has 0 spiro atoms. The lowest BCUT2D eigenvalue weighted by Gasteiger charge is -2.16. The minimum absolute atomic E-state index is 0.517. The second-order valence-electron chi connectivity index (χ2n) is 15.6. The van der Waals surface area contributed by atoms with E-state index in [0.29, 0.717) is 159 Å². The monoisotopic (exact) mass is 871 g/mol. The molecule has 0 aliphatic rings. The molecule has 0 fully saturated rings. The van der Waals surface area contributed by atoms with Crippen molar-refractivity contribution in [3.8, 4) is 0 Å². The number of rotatable bonds is 54. The van der Waals surface area contributed by atoms with E-state index in [0.717, 1.165) is 13.0 Å². The molecule has 14 heteroatoms. The van der Waals surface area contributed by atoms with Gasteiger partial charge in [-0.1, -0.05) is 103 Å². The van der Waals surface area contributed by atoms with Crippen LogP contribution in [0.5, 0.6) is 0 Å². The predicted octanol–water partition coefficient (Wildman–Crippen LogP) is 8.30. The maximum Gasteiger partial charge on any atom is 0.183 e. The van der Waals surface area contributed by atoms with Crippen molar-refractivity contribution >= 4 is 8.32 Å². The van der Waals surface area contributed by atoms with Crippen LogP contribution in [0.4, 0.5) is 0 Å². The third-order valence-corrected chi connectivity index (χ3v) is 10.1. The molecule has 0 saturated carbocycles. The van der Waals surface area contributed by atoms with Crippen molar-refractivity contribution in [1.82, 2.24) is 0 Å². The Morgan fingerprint density at radius 3 is 0.576 bits per heavy atom. The van der Waals surface area contributed by atoms with E-state index >= 15 is 0 Å². The van der Waals surface area contributed by atoms with Crippen LogP contribution in [-0.2, 0) is 61.3 Å². The van der Waals surface area contributed by atoms with Crippen LogP contribution in [0.1, 0.15) is 110 Å². The molecule has 0 aliphatic heterocycles. The van der Waals surface area contributed by atoms with E-state index in [1.54, 1.807) is 0 Å². The minimum Gasteiger partial charge on any atom is -0.415 e. The first kappa shape index (κ1) is 58.7. The molecule has 0 unspecified atom stereocenters. The average Bonchev–Trinajstić information content (AvgIpc) is 3.22. The molecule has 0 aromatic rings. The van der Waals surface area contributed by atoms with Gasteiger partial charge in [-0.25, -0.2) is 0 Å². The Kier molecular flexibility index (Phi) is 51.8. The summed E-state index contributed by atoms with van der Waals surface area (Å²) in [5.74, 6) is 0. The summed E-state index contributed by atoms with van der Waals surface area (Å²) in [7, 11) is -1.45. The van der Waals surface area contributed by atoms with Crippen molar-refractivity contribution in [1.29, 1.82) is 0 Å². The van der Waals surface area contributed by atoms with Gasteiger partial charge in [0.25, 0.3) is 0 Å². The summed E-state index contributed by atoms with van der Waals surface area (Å²) >= 11 is 0. The quantitative estimate of drug-likeness (QED) is 0.0431. The molecule has 59 heavy (non-hydrogen) atoms. The van der Waals surface area contributed by atoms with Crippen LogP contribution >= 0.6 is 0 Å². The van der Waals surface area contributed by atoms with Crippen molar-refractivity contribution < 1.29 is 61.3 Å². The lowest BCUT2D eigenvalue weighted by Crippen LogP contribution is -2.27. The summed E-state index contributed by atoms with van der Waals surface area (Å²) in [5, 5.41) is 0. The molecule has 13 nitrogen and oxygen atoms in total. The maximum atomic E-state index is 5.73. The SMILES string of the molecule is CCCCCCCCCCCCCCCCCCOCCOCCOCCOCCOCCOCCOCCOCCOCCOCCOCCOCCO[Si](C)(C)C. The van der Waals surface area contributed by atoms with Crippen LogP contribution in [0.2, 0.25) is 19.6 Å². The third-order valence-electron chi connectivity index (χ3n) is 9.00. The fraction of sp³-hybridized carbons (Fsp3) is 1.00. The first-order valence-electron chi connectivity index (χ1n) is 23.6. The Morgan fingerprint density at radius 2 is 0.373 bits per heavy atom. The van der Waals surface area contributed by atoms with Crippen molar-refractivity contribution in [3.05, 3.63) is 0 Å². The molecule has 0 N–H and O–H groups in total. The Hall–Kier alpha value is -0.303. The van der Waals surface area contributed by atoms with Crippen LogP contribution in [0.25, 0.3) is 0 Å². The number of ether oxygens (including phenoxy) is 12. The molecule has 0 aliphatic carbocycles. The Morgan fingerprint density at radius 1 is 0.203 bits per heavy atom. The van der Waals surface area contributed by atoms with Crippen LogP contribution in [0.3, 0.4) is 0 Å². The molecule has 0 atom stereocenters. The van der Waals surface area contributed by atoms with E-state index in [4.69, 9.17) is 61.3 Å².